The summed E-state index contributed by atoms with van der Waals surface area (Å²) in [5.41, 5.74) is 8.38. The van der Waals surface area contributed by atoms with Gasteiger partial charge in [0.05, 0.1) is 11.7 Å². The Kier molecular flexibility index (Phi) is 3.66. The minimum atomic E-state index is -1.06. The number of amides is 1. The molecule has 0 bridgehead atoms. The van der Waals surface area contributed by atoms with Crippen molar-refractivity contribution in [3.63, 3.8) is 0 Å². The molecular formula is C14H16N4O2S. The Bertz CT molecular complexity index is 641. The lowest BCUT2D eigenvalue weighted by Gasteiger charge is -2.25. The standard InChI is InChI=1S/C14H16N4O2S/c15-13-17-11(8-21-13)12-2-1-7-18(12)10-5-3-9(4-6-10)16-14(19)20/h3-6,8,12,16H,1-2,7H2,(H2,15,17)(H,19,20). The lowest BCUT2D eigenvalue weighted by atomic mass is 10.1. The van der Waals surface area contributed by atoms with Crippen molar-refractivity contribution in [1.29, 1.82) is 0 Å². The van der Waals surface area contributed by atoms with Crippen molar-refractivity contribution >= 4 is 33.9 Å². The van der Waals surface area contributed by atoms with E-state index in [1.807, 2.05) is 17.5 Å². The summed E-state index contributed by atoms with van der Waals surface area (Å²) >= 11 is 1.46. The first-order valence-electron chi connectivity index (χ1n) is 6.71. The van der Waals surface area contributed by atoms with Crippen LogP contribution in [0.2, 0.25) is 0 Å². The van der Waals surface area contributed by atoms with Gasteiger partial charge in [-0.3, -0.25) is 5.32 Å². The third-order valence-electron chi connectivity index (χ3n) is 3.58. The van der Waals surface area contributed by atoms with Crippen LogP contribution in [0, 0.1) is 0 Å². The molecular weight excluding hydrogens is 288 g/mol. The Labute approximate surface area is 126 Å². The van der Waals surface area contributed by atoms with Crippen LogP contribution in [-0.2, 0) is 0 Å². The van der Waals surface area contributed by atoms with Gasteiger partial charge in [-0.15, -0.1) is 11.3 Å². The highest BCUT2D eigenvalue weighted by Gasteiger charge is 2.28. The van der Waals surface area contributed by atoms with Crippen LogP contribution in [0.1, 0.15) is 24.6 Å². The molecule has 1 aliphatic heterocycles. The fraction of sp³-hybridized carbons (Fsp3) is 0.286. The van der Waals surface area contributed by atoms with Crippen molar-refractivity contribution in [3.05, 3.63) is 35.3 Å². The first-order valence-corrected chi connectivity index (χ1v) is 7.59. The zero-order chi connectivity index (χ0) is 14.8. The highest BCUT2D eigenvalue weighted by atomic mass is 32.1. The van der Waals surface area contributed by atoms with Crippen LogP contribution < -0.4 is 16.0 Å². The molecule has 3 rings (SSSR count). The summed E-state index contributed by atoms with van der Waals surface area (Å²) in [4.78, 5) is 17.3. The number of rotatable bonds is 3. The van der Waals surface area contributed by atoms with E-state index in [9.17, 15) is 4.79 Å². The van der Waals surface area contributed by atoms with Crippen molar-refractivity contribution < 1.29 is 9.90 Å². The molecule has 0 saturated carbocycles. The molecule has 1 fully saturated rings. The number of nitrogens with one attached hydrogen (secondary N) is 1. The molecule has 1 aliphatic rings. The largest absolute Gasteiger partial charge is 0.465 e. The Morgan fingerprint density at radius 3 is 2.81 bits per heavy atom. The van der Waals surface area contributed by atoms with Crippen LogP contribution in [0.5, 0.6) is 0 Å². The Morgan fingerprint density at radius 1 is 1.43 bits per heavy atom. The van der Waals surface area contributed by atoms with Crippen molar-refractivity contribution in [2.75, 3.05) is 22.5 Å². The summed E-state index contributed by atoms with van der Waals surface area (Å²) in [6.07, 6.45) is 1.11. The number of nitrogens with two attached hydrogens (primary N) is 1. The van der Waals surface area contributed by atoms with Gasteiger partial charge in [-0.05, 0) is 37.1 Å². The smallest absolute Gasteiger partial charge is 0.409 e. The van der Waals surface area contributed by atoms with Crippen molar-refractivity contribution in [2.45, 2.75) is 18.9 Å². The second kappa shape index (κ2) is 5.61. The van der Waals surface area contributed by atoms with Crippen LogP contribution in [-0.4, -0.2) is 22.7 Å². The Morgan fingerprint density at radius 2 is 2.19 bits per heavy atom. The number of anilines is 3. The minimum Gasteiger partial charge on any atom is -0.465 e. The van der Waals surface area contributed by atoms with E-state index in [0.717, 1.165) is 30.8 Å². The normalized spacial score (nSPS) is 17.9. The summed E-state index contributed by atoms with van der Waals surface area (Å²) in [6.45, 7) is 0.966. The van der Waals surface area contributed by atoms with Crippen molar-refractivity contribution in [1.82, 2.24) is 4.98 Å². The lowest BCUT2D eigenvalue weighted by Crippen LogP contribution is -2.22. The number of carbonyl (C=O) groups is 1. The number of hydrogen-bond donors (Lipinski definition) is 3. The third kappa shape index (κ3) is 2.92. The monoisotopic (exact) mass is 304 g/mol. The third-order valence-corrected chi connectivity index (χ3v) is 4.28. The highest BCUT2D eigenvalue weighted by Crippen LogP contribution is 2.37. The first kappa shape index (κ1) is 13.7. The summed E-state index contributed by atoms with van der Waals surface area (Å²) in [5.74, 6) is 0. The van der Waals surface area contributed by atoms with Crippen molar-refractivity contribution in [3.8, 4) is 0 Å². The van der Waals surface area contributed by atoms with Crippen LogP contribution in [0.3, 0.4) is 0 Å². The van der Waals surface area contributed by atoms with E-state index in [0.29, 0.717) is 10.8 Å². The van der Waals surface area contributed by atoms with Gasteiger partial charge in [0.15, 0.2) is 5.13 Å². The summed E-state index contributed by atoms with van der Waals surface area (Å²) < 4.78 is 0. The van der Waals surface area contributed by atoms with E-state index in [2.05, 4.69) is 15.2 Å². The molecule has 21 heavy (non-hydrogen) atoms. The van der Waals surface area contributed by atoms with Crippen LogP contribution in [0.4, 0.5) is 21.3 Å². The zero-order valence-corrected chi connectivity index (χ0v) is 12.1. The quantitative estimate of drug-likeness (QED) is 0.810. The molecule has 1 unspecified atom stereocenters. The Hall–Kier alpha value is -2.28. The summed E-state index contributed by atoms with van der Waals surface area (Å²) in [5, 5.41) is 13.6. The van der Waals surface area contributed by atoms with E-state index in [1.165, 1.54) is 11.3 Å². The van der Waals surface area contributed by atoms with Gasteiger partial charge in [0, 0.05) is 23.3 Å². The molecule has 0 radical (unpaired) electrons. The van der Waals surface area contributed by atoms with Gasteiger partial charge >= 0.3 is 6.09 Å². The predicted molar refractivity (Wildman–Crippen MR) is 83.9 cm³/mol. The van der Waals surface area contributed by atoms with E-state index in [1.54, 1.807) is 12.1 Å². The number of nitrogen functional groups attached to an aromatic ring is 1. The molecule has 1 saturated heterocycles. The predicted octanol–water partition coefficient (Wildman–Crippen LogP) is 3.16. The molecule has 1 aromatic heterocycles. The molecule has 0 spiro atoms. The van der Waals surface area contributed by atoms with E-state index in [-0.39, 0.29) is 6.04 Å². The van der Waals surface area contributed by atoms with Gasteiger partial charge in [0.25, 0.3) is 0 Å². The van der Waals surface area contributed by atoms with Gasteiger partial charge in [-0.1, -0.05) is 0 Å². The zero-order valence-electron chi connectivity index (χ0n) is 11.3. The fourth-order valence-electron chi connectivity index (χ4n) is 2.70. The molecule has 0 aliphatic carbocycles. The number of hydrogen-bond acceptors (Lipinski definition) is 5. The number of nitrogens with zero attached hydrogens (tertiary/aromatic N) is 2. The molecule has 1 aromatic carbocycles. The maximum atomic E-state index is 10.6. The topological polar surface area (TPSA) is 91.5 Å². The van der Waals surface area contributed by atoms with Crippen LogP contribution in [0.15, 0.2) is 29.6 Å². The lowest BCUT2D eigenvalue weighted by molar-refractivity contribution is 0.210. The van der Waals surface area contributed by atoms with E-state index in [4.69, 9.17) is 10.8 Å². The molecule has 110 valence electrons. The van der Waals surface area contributed by atoms with Gasteiger partial charge in [-0.25, -0.2) is 9.78 Å². The highest BCUT2D eigenvalue weighted by molar-refractivity contribution is 7.13. The van der Waals surface area contributed by atoms with Crippen LogP contribution >= 0.6 is 11.3 Å². The number of carboxylic acid groups (broad SMARTS) is 1. The van der Waals surface area contributed by atoms with Gasteiger partial charge in [0.1, 0.15) is 0 Å². The number of thiazole rings is 1. The average molecular weight is 304 g/mol. The molecule has 1 atom stereocenters. The fourth-order valence-corrected chi connectivity index (χ4v) is 3.31. The first-order chi connectivity index (χ1) is 10.1. The van der Waals surface area contributed by atoms with Crippen molar-refractivity contribution in [2.24, 2.45) is 0 Å². The Balaban J connectivity index is 1.80. The van der Waals surface area contributed by atoms with Gasteiger partial charge < -0.3 is 15.7 Å². The van der Waals surface area contributed by atoms with Gasteiger partial charge in [-0.2, -0.15) is 0 Å². The molecule has 2 heterocycles. The molecule has 1 amide bonds. The summed E-state index contributed by atoms with van der Waals surface area (Å²) in [7, 11) is 0. The second-order valence-corrected chi connectivity index (χ2v) is 5.83. The van der Waals surface area contributed by atoms with Gasteiger partial charge in [0.2, 0.25) is 0 Å². The SMILES string of the molecule is Nc1nc(C2CCCN2c2ccc(NC(=O)O)cc2)cs1. The summed E-state index contributed by atoms with van der Waals surface area (Å²) in [6, 6.07) is 7.65. The number of aromatic nitrogens is 1. The van der Waals surface area contributed by atoms with E-state index < -0.39 is 6.09 Å². The molecule has 7 heteroatoms. The van der Waals surface area contributed by atoms with Crippen LogP contribution in [0.25, 0.3) is 0 Å². The molecule has 2 aromatic rings. The average Bonchev–Trinajstić information content (AvgIpc) is 3.07. The minimum absolute atomic E-state index is 0.247. The maximum Gasteiger partial charge on any atom is 0.409 e. The maximum absolute atomic E-state index is 10.6. The molecule has 4 N–H and O–H groups in total. The van der Waals surface area contributed by atoms with E-state index >= 15 is 0 Å². The number of benzene rings is 1. The second-order valence-electron chi connectivity index (χ2n) is 4.94. The molecule has 6 nitrogen and oxygen atoms in total.